The number of sulfone groups is 1. The Morgan fingerprint density at radius 1 is 1.28 bits per heavy atom. The monoisotopic (exact) mass is 421 g/mol. The third-order valence-electron chi connectivity index (χ3n) is 4.66. The Labute approximate surface area is 172 Å². The van der Waals surface area contributed by atoms with E-state index in [2.05, 4.69) is 30.3 Å². The number of amides is 1. The summed E-state index contributed by atoms with van der Waals surface area (Å²) in [6, 6.07) is 5.43. The molecule has 0 saturated carbocycles. The van der Waals surface area contributed by atoms with Gasteiger partial charge in [0.05, 0.1) is 25.2 Å². The second-order valence-corrected chi connectivity index (χ2v) is 8.60. The predicted molar refractivity (Wildman–Crippen MR) is 111 cm³/mol. The third-order valence-corrected chi connectivity index (χ3v) is 6.69. The molecule has 1 unspecified atom stereocenters. The number of hydrogen-bond donors (Lipinski definition) is 2. The van der Waals surface area contributed by atoms with E-state index in [-0.39, 0.29) is 18.1 Å². The highest BCUT2D eigenvalue weighted by molar-refractivity contribution is 7.92. The van der Waals surface area contributed by atoms with Crippen molar-refractivity contribution in [1.82, 2.24) is 5.32 Å². The number of benzene rings is 1. The van der Waals surface area contributed by atoms with E-state index < -0.39 is 33.2 Å². The molecular weight excluding hydrogens is 394 g/mol. The van der Waals surface area contributed by atoms with Crippen LogP contribution in [0.15, 0.2) is 37.4 Å². The number of aliphatic hydroxyl groups is 1. The van der Waals surface area contributed by atoms with Crippen molar-refractivity contribution in [2.45, 2.75) is 25.8 Å². The van der Waals surface area contributed by atoms with Crippen molar-refractivity contribution in [3.05, 3.63) is 48.6 Å². The quantitative estimate of drug-likeness (QED) is 0.407. The van der Waals surface area contributed by atoms with E-state index in [1.807, 2.05) is 0 Å². The lowest BCUT2D eigenvalue weighted by Crippen LogP contribution is -2.63. The molecular formula is C21H27NO6S. The average molecular weight is 422 g/mol. The molecule has 7 nitrogen and oxygen atoms in total. The first kappa shape index (κ1) is 24.4. The van der Waals surface area contributed by atoms with Gasteiger partial charge in [-0.1, -0.05) is 18.8 Å². The van der Waals surface area contributed by atoms with Crippen molar-refractivity contribution in [1.29, 1.82) is 0 Å². The first-order valence-electron chi connectivity index (χ1n) is 9.06. The lowest BCUT2D eigenvalue weighted by molar-refractivity contribution is -0.146. The minimum atomic E-state index is -3.20. The van der Waals surface area contributed by atoms with E-state index in [0.29, 0.717) is 24.0 Å². The Bertz CT molecular complexity index is 868. The van der Waals surface area contributed by atoms with E-state index in [1.54, 1.807) is 31.2 Å². The number of aliphatic hydroxyl groups excluding tert-OH is 1. The van der Waals surface area contributed by atoms with Crippen LogP contribution in [0.2, 0.25) is 0 Å². The summed E-state index contributed by atoms with van der Waals surface area (Å²) in [6.07, 6.45) is 0.788. The zero-order chi connectivity index (χ0) is 22.1. The molecule has 0 aromatic heterocycles. The molecule has 0 bridgehead atoms. The van der Waals surface area contributed by atoms with Crippen molar-refractivity contribution in [2.75, 3.05) is 25.2 Å². The summed E-state index contributed by atoms with van der Waals surface area (Å²) >= 11 is 0. The van der Waals surface area contributed by atoms with E-state index in [0.717, 1.165) is 0 Å². The van der Waals surface area contributed by atoms with Crippen LogP contribution < -0.4 is 5.32 Å². The van der Waals surface area contributed by atoms with Crippen LogP contribution in [-0.2, 0) is 19.4 Å². The van der Waals surface area contributed by atoms with Gasteiger partial charge in [-0.3, -0.25) is 4.79 Å². The van der Waals surface area contributed by atoms with Crippen LogP contribution in [-0.4, -0.2) is 56.7 Å². The lowest BCUT2D eigenvalue weighted by Gasteiger charge is -2.44. The Kier molecular flexibility index (Phi) is 9.08. The van der Waals surface area contributed by atoms with Gasteiger partial charge >= 0.3 is 5.97 Å². The molecule has 158 valence electrons. The molecule has 1 aromatic rings. The minimum Gasteiger partial charge on any atom is -0.467 e. The smallest absolute Gasteiger partial charge is 0.329 e. The SMILES string of the molecule is C=C.CCC1(C(NC(=O)c2ccc(C#CCCO)cc2)C(=O)OC)CS(=O)(=O)C1. The standard InChI is InChI=1S/C19H23NO6S.C2H4/c1-3-19(12-27(24,25)13-19)16(18(23)26-2)20-17(22)15-9-7-14(8-10-15)6-4-5-11-21;1-2/h7-10,16,21H,3,5,11-13H2,1-2H3,(H,20,22);1-2H2. The van der Waals surface area contributed by atoms with Crippen LogP contribution in [0, 0.1) is 17.3 Å². The molecule has 1 aliphatic heterocycles. The Balaban J connectivity index is 0.00000204. The fraction of sp³-hybridized carbons (Fsp3) is 0.429. The van der Waals surface area contributed by atoms with E-state index >= 15 is 0 Å². The number of hydrogen-bond acceptors (Lipinski definition) is 6. The number of nitrogens with one attached hydrogen (secondary N) is 1. The maximum Gasteiger partial charge on any atom is 0.329 e. The maximum absolute atomic E-state index is 12.6. The molecule has 1 saturated heterocycles. The number of ether oxygens (including phenoxy) is 1. The van der Waals surface area contributed by atoms with Crippen molar-refractivity contribution in [3.8, 4) is 11.8 Å². The van der Waals surface area contributed by atoms with Crippen molar-refractivity contribution in [3.63, 3.8) is 0 Å². The van der Waals surface area contributed by atoms with E-state index in [4.69, 9.17) is 9.84 Å². The molecule has 0 aliphatic carbocycles. The number of carbonyl (C=O) groups excluding carboxylic acids is 2. The van der Waals surface area contributed by atoms with Gasteiger partial charge in [-0.15, -0.1) is 13.2 Å². The summed E-state index contributed by atoms with van der Waals surface area (Å²) < 4.78 is 28.2. The fourth-order valence-corrected chi connectivity index (χ4v) is 5.54. The topological polar surface area (TPSA) is 110 Å². The van der Waals surface area contributed by atoms with Gasteiger partial charge in [0.15, 0.2) is 9.84 Å². The van der Waals surface area contributed by atoms with Crippen molar-refractivity contribution in [2.24, 2.45) is 5.41 Å². The van der Waals surface area contributed by atoms with E-state index in [1.165, 1.54) is 7.11 Å². The molecule has 1 aromatic carbocycles. The van der Waals surface area contributed by atoms with E-state index in [9.17, 15) is 18.0 Å². The molecule has 0 spiro atoms. The second kappa shape index (κ2) is 10.8. The molecule has 1 heterocycles. The van der Waals surface area contributed by atoms with Crippen LogP contribution in [0.1, 0.15) is 35.7 Å². The normalized spacial score (nSPS) is 16.5. The van der Waals surface area contributed by atoms with Gasteiger partial charge in [-0.2, -0.15) is 0 Å². The zero-order valence-corrected chi connectivity index (χ0v) is 17.5. The molecule has 8 heteroatoms. The number of carbonyl (C=O) groups is 2. The molecule has 1 fully saturated rings. The van der Waals surface area contributed by atoms with Crippen LogP contribution in [0.25, 0.3) is 0 Å². The van der Waals surface area contributed by atoms with Gasteiger partial charge in [0.25, 0.3) is 5.91 Å². The average Bonchev–Trinajstić information content (AvgIpc) is 2.71. The lowest BCUT2D eigenvalue weighted by atomic mass is 9.80. The molecule has 29 heavy (non-hydrogen) atoms. The van der Waals surface area contributed by atoms with Gasteiger partial charge in [0.2, 0.25) is 0 Å². The largest absolute Gasteiger partial charge is 0.467 e. The molecule has 1 aliphatic rings. The summed E-state index contributed by atoms with van der Waals surface area (Å²) in [6.45, 7) is 7.77. The summed E-state index contributed by atoms with van der Waals surface area (Å²) in [5.74, 6) is 4.18. The number of esters is 1. The van der Waals surface area contributed by atoms with Crippen molar-refractivity contribution < 1.29 is 27.9 Å². The molecule has 2 N–H and O–H groups in total. The summed E-state index contributed by atoms with van der Waals surface area (Å²) in [5.41, 5.74) is 0.168. The van der Waals surface area contributed by atoms with Gasteiger partial charge in [-0.25, -0.2) is 13.2 Å². The molecule has 0 radical (unpaired) electrons. The summed E-state index contributed by atoms with van der Waals surface area (Å²) in [4.78, 5) is 24.8. The van der Waals surface area contributed by atoms with Crippen molar-refractivity contribution >= 4 is 21.7 Å². The minimum absolute atomic E-state index is 0.0166. The third kappa shape index (κ3) is 6.17. The Morgan fingerprint density at radius 3 is 2.31 bits per heavy atom. The summed E-state index contributed by atoms with van der Waals surface area (Å²) in [5, 5.41) is 11.4. The number of methoxy groups -OCH3 is 1. The number of rotatable bonds is 6. The van der Waals surface area contributed by atoms with Crippen LogP contribution in [0.5, 0.6) is 0 Å². The predicted octanol–water partition coefficient (Wildman–Crippen LogP) is 1.32. The Hall–Kier alpha value is -2.63. The van der Waals surface area contributed by atoms with Gasteiger partial charge in [0, 0.05) is 23.0 Å². The fourth-order valence-electron chi connectivity index (χ4n) is 3.13. The summed E-state index contributed by atoms with van der Waals surface area (Å²) in [7, 11) is -1.99. The van der Waals surface area contributed by atoms with Crippen LogP contribution >= 0.6 is 0 Å². The highest BCUT2D eigenvalue weighted by Crippen LogP contribution is 2.40. The highest BCUT2D eigenvalue weighted by Gasteiger charge is 2.55. The highest BCUT2D eigenvalue weighted by atomic mass is 32.2. The van der Waals surface area contributed by atoms with Gasteiger partial charge in [0.1, 0.15) is 6.04 Å². The molecule has 1 atom stereocenters. The maximum atomic E-state index is 12.6. The first-order chi connectivity index (χ1) is 13.8. The zero-order valence-electron chi connectivity index (χ0n) is 16.7. The molecule has 2 rings (SSSR count). The van der Waals surface area contributed by atoms with Gasteiger partial charge in [-0.05, 0) is 30.7 Å². The second-order valence-electron chi connectivity index (χ2n) is 6.53. The van der Waals surface area contributed by atoms with Crippen LogP contribution in [0.4, 0.5) is 0 Å². The van der Waals surface area contributed by atoms with Crippen LogP contribution in [0.3, 0.4) is 0 Å². The molecule has 1 amide bonds. The first-order valence-corrected chi connectivity index (χ1v) is 10.9. The van der Waals surface area contributed by atoms with Gasteiger partial charge < -0.3 is 15.2 Å². The Morgan fingerprint density at radius 2 is 1.86 bits per heavy atom.